The number of benzene rings is 1. The van der Waals surface area contributed by atoms with Crippen LogP contribution in [-0.2, 0) is 4.74 Å². The molecule has 4 rings (SSSR count). The number of nitrogens with zero attached hydrogens (tertiary/aromatic N) is 5. The average Bonchev–Trinajstić information content (AvgIpc) is 3.25. The van der Waals surface area contributed by atoms with Crippen LogP contribution in [0, 0.1) is 0 Å². The van der Waals surface area contributed by atoms with E-state index in [2.05, 4.69) is 25.5 Å². The standard InChI is InChI=1S/C18H21AsN8O2/c20-14-4-7-29-10-15(14)25-18-22-9-13(17(21)28)16(26-18)19-11-2-1-3-12(8-11)27-23-5-6-24-27/h1-3,5-6,8-9,14-15,19H,4,7,10,20H2,(H2,21,28)(H,22,25,26)/t14-,15+/m0/s1. The number of carbonyl (C=O) groups is 1. The number of primary amides is 1. The van der Waals surface area contributed by atoms with Gasteiger partial charge in [-0.2, -0.15) is 0 Å². The normalized spacial score (nSPS) is 19.5. The van der Waals surface area contributed by atoms with Crippen LogP contribution in [0.25, 0.3) is 5.69 Å². The molecular weight excluding hydrogens is 435 g/mol. The van der Waals surface area contributed by atoms with Crippen LogP contribution in [-0.4, -0.2) is 71.9 Å². The molecule has 1 aromatic carbocycles. The first-order valence-corrected chi connectivity index (χ1v) is 11.2. The molecule has 29 heavy (non-hydrogen) atoms. The fraction of sp³-hybridized carbons (Fsp3) is 0.278. The maximum atomic E-state index is 11.9. The molecule has 10 nitrogen and oxygen atoms in total. The number of ether oxygens (including phenoxy) is 1. The van der Waals surface area contributed by atoms with Crippen LogP contribution in [0.3, 0.4) is 0 Å². The van der Waals surface area contributed by atoms with Crippen LogP contribution in [0.2, 0.25) is 0 Å². The molecule has 150 valence electrons. The first-order chi connectivity index (χ1) is 14.1. The molecule has 11 heteroatoms. The Bertz CT molecular complexity index is 997. The molecule has 3 heterocycles. The molecule has 1 fully saturated rings. The van der Waals surface area contributed by atoms with Crippen LogP contribution in [0.4, 0.5) is 5.95 Å². The van der Waals surface area contributed by atoms with Gasteiger partial charge < -0.3 is 0 Å². The van der Waals surface area contributed by atoms with E-state index in [0.717, 1.165) is 16.5 Å². The number of aromatic nitrogens is 5. The van der Waals surface area contributed by atoms with Gasteiger partial charge in [-0.25, -0.2) is 0 Å². The van der Waals surface area contributed by atoms with E-state index in [9.17, 15) is 4.79 Å². The van der Waals surface area contributed by atoms with Crippen molar-refractivity contribution in [1.82, 2.24) is 25.0 Å². The number of rotatable bonds is 6. The van der Waals surface area contributed by atoms with Crippen molar-refractivity contribution in [3.63, 3.8) is 0 Å². The van der Waals surface area contributed by atoms with Crippen molar-refractivity contribution in [3.05, 3.63) is 48.4 Å². The van der Waals surface area contributed by atoms with E-state index < -0.39 is 21.7 Å². The molecule has 3 atom stereocenters. The van der Waals surface area contributed by atoms with E-state index in [1.54, 1.807) is 17.2 Å². The summed E-state index contributed by atoms with van der Waals surface area (Å²) < 4.78 is 7.20. The summed E-state index contributed by atoms with van der Waals surface area (Å²) >= 11 is -0.960. The second kappa shape index (κ2) is 8.69. The fourth-order valence-electron chi connectivity index (χ4n) is 2.99. The van der Waals surface area contributed by atoms with Gasteiger partial charge in [0.25, 0.3) is 0 Å². The van der Waals surface area contributed by atoms with Crippen molar-refractivity contribution in [2.24, 2.45) is 11.5 Å². The summed E-state index contributed by atoms with van der Waals surface area (Å²) in [4.78, 5) is 22.3. The van der Waals surface area contributed by atoms with Crippen molar-refractivity contribution >= 4 is 36.4 Å². The van der Waals surface area contributed by atoms with Crippen LogP contribution < -0.4 is 25.6 Å². The molecule has 2 aromatic heterocycles. The summed E-state index contributed by atoms with van der Waals surface area (Å²) in [5, 5.41) is 11.5. The summed E-state index contributed by atoms with van der Waals surface area (Å²) in [6, 6.07) is 7.72. The van der Waals surface area contributed by atoms with Crippen LogP contribution in [0.5, 0.6) is 0 Å². The second-order valence-corrected chi connectivity index (χ2v) is 9.32. The van der Waals surface area contributed by atoms with Crippen LogP contribution in [0.1, 0.15) is 16.8 Å². The zero-order chi connectivity index (χ0) is 20.2. The second-order valence-electron chi connectivity index (χ2n) is 6.59. The molecule has 1 aliphatic heterocycles. The van der Waals surface area contributed by atoms with Crippen molar-refractivity contribution in [2.75, 3.05) is 18.5 Å². The number of nitrogens with one attached hydrogen (secondary N) is 1. The third-order valence-electron chi connectivity index (χ3n) is 4.54. The predicted molar refractivity (Wildman–Crippen MR) is 109 cm³/mol. The van der Waals surface area contributed by atoms with Crippen molar-refractivity contribution in [2.45, 2.75) is 18.5 Å². The maximum absolute atomic E-state index is 11.9. The summed E-state index contributed by atoms with van der Waals surface area (Å²) in [7, 11) is 0. The molecule has 0 radical (unpaired) electrons. The van der Waals surface area contributed by atoms with E-state index in [1.165, 1.54) is 6.20 Å². The Labute approximate surface area is 173 Å². The van der Waals surface area contributed by atoms with E-state index in [-0.39, 0.29) is 12.1 Å². The molecule has 0 bridgehead atoms. The minimum absolute atomic E-state index is 0.0408. The Kier molecular flexibility index (Phi) is 5.84. The third-order valence-corrected chi connectivity index (χ3v) is 7.09. The van der Waals surface area contributed by atoms with E-state index in [0.29, 0.717) is 29.2 Å². The van der Waals surface area contributed by atoms with Gasteiger partial charge in [-0.15, -0.1) is 0 Å². The summed E-state index contributed by atoms with van der Waals surface area (Å²) in [6.45, 7) is 1.15. The monoisotopic (exact) mass is 456 g/mol. The molecule has 1 saturated heterocycles. The predicted octanol–water partition coefficient (Wildman–Crippen LogP) is -1.93. The minimum atomic E-state index is -0.960. The van der Waals surface area contributed by atoms with E-state index >= 15 is 0 Å². The van der Waals surface area contributed by atoms with Crippen molar-refractivity contribution < 1.29 is 9.53 Å². The summed E-state index contributed by atoms with van der Waals surface area (Å²) in [6.07, 6.45) is 5.49. The number of nitrogens with two attached hydrogens (primary N) is 2. The molecule has 3 aromatic rings. The number of carbonyl (C=O) groups excluding carboxylic acids is 1. The van der Waals surface area contributed by atoms with Gasteiger partial charge in [-0.05, 0) is 0 Å². The van der Waals surface area contributed by atoms with Gasteiger partial charge in [0, 0.05) is 0 Å². The Morgan fingerprint density at radius 1 is 1.31 bits per heavy atom. The number of anilines is 1. The zero-order valence-corrected chi connectivity index (χ0v) is 17.6. The molecule has 1 amide bonds. The Morgan fingerprint density at radius 3 is 2.90 bits per heavy atom. The van der Waals surface area contributed by atoms with Gasteiger partial charge in [0.05, 0.1) is 0 Å². The average molecular weight is 456 g/mol. The molecule has 1 aliphatic rings. The first-order valence-electron chi connectivity index (χ1n) is 9.10. The molecule has 0 aliphatic carbocycles. The van der Waals surface area contributed by atoms with Gasteiger partial charge in [0.15, 0.2) is 0 Å². The van der Waals surface area contributed by atoms with Crippen LogP contribution >= 0.6 is 0 Å². The number of hydrogen-bond donors (Lipinski definition) is 3. The van der Waals surface area contributed by atoms with Gasteiger partial charge in [0.1, 0.15) is 0 Å². The van der Waals surface area contributed by atoms with Gasteiger partial charge in [-0.1, -0.05) is 0 Å². The van der Waals surface area contributed by atoms with Crippen molar-refractivity contribution in [3.8, 4) is 5.69 Å². The number of hydrogen-bond acceptors (Lipinski definition) is 8. The Balaban J connectivity index is 1.60. The van der Waals surface area contributed by atoms with Gasteiger partial charge >= 0.3 is 174 Å². The summed E-state index contributed by atoms with van der Waals surface area (Å²) in [5.74, 6) is -0.123. The van der Waals surface area contributed by atoms with Crippen molar-refractivity contribution in [1.29, 1.82) is 0 Å². The summed E-state index contributed by atoms with van der Waals surface area (Å²) in [5.41, 5.74) is 12.9. The van der Waals surface area contributed by atoms with E-state index in [1.807, 2.05) is 24.3 Å². The zero-order valence-electron chi connectivity index (χ0n) is 15.5. The molecular formula is C18H21AsN8O2. The fourth-order valence-corrected chi connectivity index (χ4v) is 5.42. The molecule has 0 saturated carbocycles. The molecule has 1 unspecified atom stereocenters. The number of amides is 1. The topological polar surface area (TPSA) is 147 Å². The van der Waals surface area contributed by atoms with Gasteiger partial charge in [-0.3, -0.25) is 0 Å². The molecule has 0 spiro atoms. The Morgan fingerprint density at radius 2 is 2.14 bits per heavy atom. The molecule has 5 N–H and O–H groups in total. The third kappa shape index (κ3) is 4.61. The van der Waals surface area contributed by atoms with Crippen LogP contribution in [0.15, 0.2) is 42.9 Å². The first kappa shape index (κ1) is 19.5. The SMILES string of the molecule is NC(=O)c1cnc(N[C@@H]2COCC[C@@H]2N)nc1[AsH]c1cccc(-n2nccn2)c1. The Hall–Kier alpha value is -2.81. The van der Waals surface area contributed by atoms with Gasteiger partial charge in [0.2, 0.25) is 0 Å². The quantitative estimate of drug-likeness (QED) is 0.364. The van der Waals surface area contributed by atoms with E-state index in [4.69, 9.17) is 16.2 Å².